The van der Waals surface area contributed by atoms with E-state index in [0.717, 1.165) is 11.1 Å². The number of piperidine rings is 1. The molecule has 2 N–H and O–H groups in total. The van der Waals surface area contributed by atoms with Crippen LogP contribution >= 0.6 is 0 Å². The molecule has 1 fully saturated rings. The first kappa shape index (κ1) is 11.9. The van der Waals surface area contributed by atoms with Gasteiger partial charge in [-0.3, -0.25) is 9.80 Å². The second kappa shape index (κ2) is 4.37. The molecule has 1 aromatic carbocycles. The number of hydrogen-bond acceptors (Lipinski definition) is 2. The van der Waals surface area contributed by atoms with Crippen molar-refractivity contribution in [2.45, 2.75) is 18.8 Å². The topological polar surface area (TPSA) is 46.3 Å². The number of nitrogens with two attached hydrogens (primary N) is 1. The molecule has 92 valence electrons. The van der Waals surface area contributed by atoms with Crippen LogP contribution in [0.2, 0.25) is 0 Å². The first-order valence-electron chi connectivity index (χ1n) is 5.21. The van der Waals surface area contributed by atoms with Gasteiger partial charge in [0.15, 0.2) is 11.6 Å². The maximum absolute atomic E-state index is 13.5. The van der Waals surface area contributed by atoms with E-state index < -0.39 is 29.3 Å². The number of carbonyl (C=O) groups is 1. The summed E-state index contributed by atoms with van der Waals surface area (Å²) in [5, 5.41) is 0.981. The van der Waals surface area contributed by atoms with Crippen LogP contribution in [0.15, 0.2) is 12.1 Å². The fourth-order valence-electron chi connectivity index (χ4n) is 1.99. The highest BCUT2D eigenvalue weighted by Gasteiger charge is 2.31. The Morgan fingerprint density at radius 1 is 1.18 bits per heavy atom. The molecule has 2 rings (SSSR count). The molecule has 1 atom stereocenters. The highest BCUT2D eigenvalue weighted by molar-refractivity contribution is 5.84. The van der Waals surface area contributed by atoms with Crippen molar-refractivity contribution >= 4 is 5.91 Å². The summed E-state index contributed by atoms with van der Waals surface area (Å²) in [6, 6.07) is 1.18. The van der Waals surface area contributed by atoms with Crippen LogP contribution in [-0.2, 0) is 4.79 Å². The van der Waals surface area contributed by atoms with Gasteiger partial charge in [-0.15, -0.1) is 0 Å². The van der Waals surface area contributed by atoms with Gasteiger partial charge < -0.3 is 0 Å². The van der Waals surface area contributed by atoms with E-state index in [1.54, 1.807) is 0 Å². The summed E-state index contributed by atoms with van der Waals surface area (Å²) in [5.41, 5.74) is -0.135. The van der Waals surface area contributed by atoms with Crippen LogP contribution in [-0.4, -0.2) is 17.5 Å². The molecule has 0 spiro atoms. The first-order valence-corrected chi connectivity index (χ1v) is 5.21. The predicted octanol–water partition coefficient (Wildman–Crippen LogP) is 1.68. The lowest BCUT2D eigenvalue weighted by molar-refractivity contribution is -0.135. The zero-order chi connectivity index (χ0) is 12.6. The molecule has 3 nitrogen and oxygen atoms in total. The molecular formula is C11H11F3N2O. The van der Waals surface area contributed by atoms with Gasteiger partial charge >= 0.3 is 0 Å². The molecule has 0 saturated carbocycles. The standard InChI is InChI=1S/C11H11F3N2O/c12-8-5-10(14)9(13)4-7(8)6-2-1-3-16(15)11(6)17/h4-6H,1-3,15H2. The van der Waals surface area contributed by atoms with Crippen molar-refractivity contribution in [3.63, 3.8) is 0 Å². The Kier molecular flexibility index (Phi) is 3.06. The summed E-state index contributed by atoms with van der Waals surface area (Å²) < 4.78 is 39.3. The maximum atomic E-state index is 13.5. The third kappa shape index (κ3) is 2.12. The molecule has 6 heteroatoms. The number of carbonyl (C=O) groups excluding carboxylic acids is 1. The molecule has 0 radical (unpaired) electrons. The third-order valence-electron chi connectivity index (χ3n) is 2.89. The van der Waals surface area contributed by atoms with Crippen molar-refractivity contribution in [1.82, 2.24) is 5.01 Å². The molecular weight excluding hydrogens is 233 g/mol. The van der Waals surface area contributed by atoms with Crippen LogP contribution in [0.25, 0.3) is 0 Å². The number of halogens is 3. The Balaban J connectivity index is 2.39. The largest absolute Gasteiger partial charge is 0.280 e. The Morgan fingerprint density at radius 2 is 1.82 bits per heavy atom. The SMILES string of the molecule is NN1CCCC(c2cc(F)c(F)cc2F)C1=O. The lowest BCUT2D eigenvalue weighted by Gasteiger charge is -2.28. The van der Waals surface area contributed by atoms with Crippen molar-refractivity contribution in [2.24, 2.45) is 5.84 Å². The van der Waals surface area contributed by atoms with Gasteiger partial charge in [-0.25, -0.2) is 19.0 Å². The van der Waals surface area contributed by atoms with E-state index in [0.29, 0.717) is 25.5 Å². The molecule has 17 heavy (non-hydrogen) atoms. The molecule has 0 aromatic heterocycles. The quantitative estimate of drug-likeness (QED) is 0.464. The average molecular weight is 244 g/mol. The van der Waals surface area contributed by atoms with Crippen LogP contribution in [0, 0.1) is 17.5 Å². The molecule has 1 heterocycles. The fraction of sp³-hybridized carbons (Fsp3) is 0.364. The number of benzene rings is 1. The summed E-state index contributed by atoms with van der Waals surface area (Å²) in [6.07, 6.45) is 0.986. The highest BCUT2D eigenvalue weighted by Crippen LogP contribution is 2.30. The minimum atomic E-state index is -1.26. The summed E-state index contributed by atoms with van der Waals surface area (Å²) in [6.45, 7) is 0.390. The average Bonchev–Trinajstić information content (AvgIpc) is 2.28. The molecule has 0 bridgehead atoms. The Labute approximate surface area is 96.0 Å². The number of amides is 1. The number of rotatable bonds is 1. The maximum Gasteiger partial charge on any atom is 0.244 e. The van der Waals surface area contributed by atoms with Gasteiger partial charge in [0, 0.05) is 18.2 Å². The monoisotopic (exact) mass is 244 g/mol. The smallest absolute Gasteiger partial charge is 0.244 e. The van der Waals surface area contributed by atoms with Crippen molar-refractivity contribution in [2.75, 3.05) is 6.54 Å². The van der Waals surface area contributed by atoms with Crippen LogP contribution in [0.1, 0.15) is 24.3 Å². The van der Waals surface area contributed by atoms with Gasteiger partial charge in [-0.2, -0.15) is 0 Å². The van der Waals surface area contributed by atoms with E-state index in [1.165, 1.54) is 0 Å². The Morgan fingerprint density at radius 3 is 2.53 bits per heavy atom. The van der Waals surface area contributed by atoms with Gasteiger partial charge in [-0.05, 0) is 18.9 Å². The third-order valence-corrected chi connectivity index (χ3v) is 2.89. The van der Waals surface area contributed by atoms with E-state index in [1.807, 2.05) is 0 Å². The van der Waals surface area contributed by atoms with Gasteiger partial charge in [0.25, 0.3) is 0 Å². The Bertz CT molecular complexity index is 464. The lowest BCUT2D eigenvalue weighted by Crippen LogP contribution is -2.44. The summed E-state index contributed by atoms with van der Waals surface area (Å²) in [7, 11) is 0. The van der Waals surface area contributed by atoms with Crippen LogP contribution < -0.4 is 5.84 Å². The van der Waals surface area contributed by atoms with Crippen LogP contribution in [0.4, 0.5) is 13.2 Å². The first-order chi connectivity index (χ1) is 8.00. The van der Waals surface area contributed by atoms with Crippen molar-refractivity contribution in [1.29, 1.82) is 0 Å². The predicted molar refractivity (Wildman–Crippen MR) is 54.2 cm³/mol. The van der Waals surface area contributed by atoms with Gasteiger partial charge in [0.2, 0.25) is 5.91 Å². The van der Waals surface area contributed by atoms with Crippen molar-refractivity contribution in [3.05, 3.63) is 35.1 Å². The van der Waals surface area contributed by atoms with E-state index in [-0.39, 0.29) is 5.56 Å². The van der Waals surface area contributed by atoms with E-state index >= 15 is 0 Å². The number of hydrogen-bond donors (Lipinski definition) is 1. The number of hydrazine groups is 1. The van der Waals surface area contributed by atoms with Crippen molar-refractivity contribution in [3.8, 4) is 0 Å². The second-order valence-corrected chi connectivity index (χ2v) is 4.01. The second-order valence-electron chi connectivity index (χ2n) is 4.01. The summed E-state index contributed by atoms with van der Waals surface area (Å²) in [4.78, 5) is 11.7. The zero-order valence-electron chi connectivity index (χ0n) is 8.92. The molecule has 1 aliphatic rings. The molecule has 1 aromatic rings. The van der Waals surface area contributed by atoms with Gasteiger partial charge in [-0.1, -0.05) is 0 Å². The van der Waals surface area contributed by atoms with E-state index in [2.05, 4.69) is 0 Å². The number of nitrogens with zero attached hydrogens (tertiary/aromatic N) is 1. The normalized spacial score (nSPS) is 20.8. The van der Waals surface area contributed by atoms with Crippen molar-refractivity contribution < 1.29 is 18.0 Å². The fourth-order valence-corrected chi connectivity index (χ4v) is 1.99. The van der Waals surface area contributed by atoms with E-state index in [4.69, 9.17) is 5.84 Å². The van der Waals surface area contributed by atoms with Gasteiger partial charge in [0.05, 0.1) is 5.92 Å². The van der Waals surface area contributed by atoms with Crippen LogP contribution in [0.5, 0.6) is 0 Å². The van der Waals surface area contributed by atoms with Crippen LogP contribution in [0.3, 0.4) is 0 Å². The zero-order valence-corrected chi connectivity index (χ0v) is 8.92. The van der Waals surface area contributed by atoms with Gasteiger partial charge in [0.1, 0.15) is 5.82 Å². The Hall–Kier alpha value is -1.56. The lowest BCUT2D eigenvalue weighted by atomic mass is 9.90. The summed E-state index contributed by atoms with van der Waals surface area (Å²) >= 11 is 0. The summed E-state index contributed by atoms with van der Waals surface area (Å²) in [5.74, 6) is 0.769. The molecule has 1 saturated heterocycles. The minimum absolute atomic E-state index is 0.135. The molecule has 1 unspecified atom stereocenters. The van der Waals surface area contributed by atoms with E-state index in [9.17, 15) is 18.0 Å². The molecule has 0 aliphatic carbocycles. The molecule has 1 aliphatic heterocycles. The molecule has 1 amide bonds. The minimum Gasteiger partial charge on any atom is -0.280 e. The highest BCUT2D eigenvalue weighted by atomic mass is 19.2.